The second-order valence-corrected chi connectivity index (χ2v) is 6.15. The molecule has 21 heavy (non-hydrogen) atoms. The van der Waals surface area contributed by atoms with Gasteiger partial charge in [0.25, 0.3) is 5.69 Å². The maximum atomic E-state index is 11.1. The van der Waals surface area contributed by atoms with Gasteiger partial charge in [0.2, 0.25) is 0 Å². The van der Waals surface area contributed by atoms with Crippen LogP contribution in [0.1, 0.15) is 12.5 Å². The van der Waals surface area contributed by atoms with Crippen molar-refractivity contribution in [2.75, 3.05) is 5.32 Å². The molecule has 0 radical (unpaired) electrons. The summed E-state index contributed by atoms with van der Waals surface area (Å²) < 4.78 is 0.685. The summed E-state index contributed by atoms with van der Waals surface area (Å²) >= 11 is 9.10. The van der Waals surface area contributed by atoms with Crippen molar-refractivity contribution in [1.82, 2.24) is 0 Å². The Bertz CT molecular complexity index is 647. The van der Waals surface area contributed by atoms with Gasteiger partial charge in [0.05, 0.1) is 4.92 Å². The van der Waals surface area contributed by atoms with Crippen LogP contribution in [-0.2, 0) is 6.42 Å². The second-order valence-electron chi connectivity index (χ2n) is 4.79. The summed E-state index contributed by atoms with van der Waals surface area (Å²) in [6.45, 7) is 1.99. The summed E-state index contributed by atoms with van der Waals surface area (Å²) in [5.74, 6) is 0. The average molecular weight is 370 g/mol. The third kappa shape index (κ3) is 4.44. The molecule has 0 saturated heterocycles. The Labute approximate surface area is 136 Å². The van der Waals surface area contributed by atoms with Crippen molar-refractivity contribution in [3.63, 3.8) is 0 Å². The highest BCUT2D eigenvalue weighted by Gasteiger charge is 2.16. The Morgan fingerprint density at radius 3 is 2.57 bits per heavy atom. The van der Waals surface area contributed by atoms with Crippen molar-refractivity contribution in [3.05, 3.63) is 67.6 Å². The fourth-order valence-corrected chi connectivity index (χ4v) is 2.54. The number of nitrogens with one attached hydrogen (secondary N) is 1. The molecule has 2 aromatic rings. The van der Waals surface area contributed by atoms with E-state index < -0.39 is 0 Å². The van der Waals surface area contributed by atoms with Gasteiger partial charge in [-0.3, -0.25) is 10.1 Å². The summed E-state index contributed by atoms with van der Waals surface area (Å²) in [6, 6.07) is 12.6. The first-order valence-corrected chi connectivity index (χ1v) is 7.57. The van der Waals surface area contributed by atoms with E-state index in [0.717, 1.165) is 12.0 Å². The van der Waals surface area contributed by atoms with Crippen molar-refractivity contribution in [3.8, 4) is 0 Å². The van der Waals surface area contributed by atoms with Crippen LogP contribution in [-0.4, -0.2) is 11.0 Å². The lowest BCUT2D eigenvalue weighted by atomic mass is 10.1. The van der Waals surface area contributed by atoms with E-state index in [0.29, 0.717) is 15.2 Å². The van der Waals surface area contributed by atoms with Crippen LogP contribution in [0.2, 0.25) is 5.02 Å². The van der Waals surface area contributed by atoms with Gasteiger partial charge in [-0.15, -0.1) is 0 Å². The van der Waals surface area contributed by atoms with Crippen LogP contribution in [0.5, 0.6) is 0 Å². The molecule has 2 rings (SSSR count). The third-order valence-corrected chi connectivity index (χ3v) is 3.76. The number of anilines is 1. The molecule has 110 valence electrons. The van der Waals surface area contributed by atoms with E-state index >= 15 is 0 Å². The molecule has 0 aliphatic carbocycles. The van der Waals surface area contributed by atoms with Gasteiger partial charge in [0.15, 0.2) is 0 Å². The molecule has 0 aliphatic heterocycles. The zero-order chi connectivity index (χ0) is 15.4. The Hall–Kier alpha value is -1.59. The molecule has 6 heteroatoms. The van der Waals surface area contributed by atoms with E-state index in [1.807, 2.05) is 31.2 Å². The first-order chi connectivity index (χ1) is 9.95. The molecule has 2 aromatic carbocycles. The van der Waals surface area contributed by atoms with E-state index in [1.54, 1.807) is 12.1 Å². The fourth-order valence-electron chi connectivity index (χ4n) is 2.07. The van der Waals surface area contributed by atoms with Crippen molar-refractivity contribution in [2.45, 2.75) is 19.4 Å². The predicted molar refractivity (Wildman–Crippen MR) is 89.0 cm³/mol. The zero-order valence-electron chi connectivity index (χ0n) is 11.3. The Balaban J connectivity index is 2.10. The number of nitro groups is 1. The van der Waals surface area contributed by atoms with Crippen molar-refractivity contribution < 1.29 is 4.92 Å². The molecule has 1 N–H and O–H groups in total. The molecule has 1 atom stereocenters. The Morgan fingerprint density at radius 2 is 1.95 bits per heavy atom. The van der Waals surface area contributed by atoms with Gasteiger partial charge < -0.3 is 5.32 Å². The van der Waals surface area contributed by atoms with Crippen LogP contribution in [0, 0.1) is 10.1 Å². The van der Waals surface area contributed by atoms with E-state index in [-0.39, 0.29) is 16.7 Å². The van der Waals surface area contributed by atoms with Gasteiger partial charge in [0.1, 0.15) is 5.69 Å². The van der Waals surface area contributed by atoms with E-state index in [1.165, 1.54) is 6.07 Å². The number of benzene rings is 2. The van der Waals surface area contributed by atoms with Crippen molar-refractivity contribution in [2.24, 2.45) is 0 Å². The minimum Gasteiger partial charge on any atom is -0.377 e. The minimum atomic E-state index is -0.387. The summed E-state index contributed by atoms with van der Waals surface area (Å²) in [6.07, 6.45) is 0.754. The van der Waals surface area contributed by atoms with Crippen LogP contribution in [0.4, 0.5) is 11.4 Å². The monoisotopic (exact) mass is 368 g/mol. The van der Waals surface area contributed by atoms with Crippen LogP contribution < -0.4 is 5.32 Å². The first kappa shape index (κ1) is 15.8. The van der Waals surface area contributed by atoms with Gasteiger partial charge in [-0.05, 0) is 43.2 Å². The molecule has 0 aliphatic rings. The van der Waals surface area contributed by atoms with Crippen LogP contribution in [0.25, 0.3) is 0 Å². The van der Waals surface area contributed by atoms with Crippen molar-refractivity contribution >= 4 is 38.9 Å². The standard InChI is InChI=1S/C15H14BrClN2O2/c1-10(8-11-2-5-13(17)6-3-11)18-14-7-4-12(16)9-15(14)19(20)21/h2-7,9-10,18H,8H2,1H3. The summed E-state index contributed by atoms with van der Waals surface area (Å²) in [4.78, 5) is 10.7. The Morgan fingerprint density at radius 1 is 1.29 bits per heavy atom. The maximum Gasteiger partial charge on any atom is 0.293 e. The largest absolute Gasteiger partial charge is 0.377 e. The number of hydrogen-bond donors (Lipinski definition) is 1. The van der Waals surface area contributed by atoms with Gasteiger partial charge in [0, 0.05) is 21.6 Å². The quantitative estimate of drug-likeness (QED) is 0.592. The molecular weight excluding hydrogens is 356 g/mol. The molecule has 0 heterocycles. The normalized spacial score (nSPS) is 12.0. The highest BCUT2D eigenvalue weighted by molar-refractivity contribution is 9.10. The Kier molecular flexibility index (Phi) is 5.20. The lowest BCUT2D eigenvalue weighted by Crippen LogP contribution is -2.18. The molecule has 0 amide bonds. The topological polar surface area (TPSA) is 55.2 Å². The molecule has 0 bridgehead atoms. The number of nitrogens with zero attached hydrogens (tertiary/aromatic N) is 1. The number of rotatable bonds is 5. The molecule has 0 fully saturated rings. The molecule has 0 spiro atoms. The second kappa shape index (κ2) is 6.91. The zero-order valence-corrected chi connectivity index (χ0v) is 13.7. The molecular formula is C15H14BrClN2O2. The van der Waals surface area contributed by atoms with Crippen LogP contribution in [0.3, 0.4) is 0 Å². The third-order valence-electron chi connectivity index (χ3n) is 3.01. The average Bonchev–Trinajstić information content (AvgIpc) is 2.43. The van der Waals surface area contributed by atoms with E-state index in [4.69, 9.17) is 11.6 Å². The summed E-state index contributed by atoms with van der Waals surface area (Å²) in [7, 11) is 0. The lowest BCUT2D eigenvalue weighted by Gasteiger charge is -2.15. The van der Waals surface area contributed by atoms with Crippen LogP contribution in [0.15, 0.2) is 46.9 Å². The first-order valence-electron chi connectivity index (χ1n) is 6.40. The molecule has 0 aromatic heterocycles. The molecule has 0 saturated carbocycles. The van der Waals surface area contributed by atoms with Crippen LogP contribution >= 0.6 is 27.5 Å². The number of hydrogen-bond acceptors (Lipinski definition) is 3. The highest BCUT2D eigenvalue weighted by Crippen LogP contribution is 2.28. The number of nitro benzene ring substituents is 1. The summed E-state index contributed by atoms with van der Waals surface area (Å²) in [5.41, 5.74) is 1.70. The van der Waals surface area contributed by atoms with E-state index in [2.05, 4.69) is 21.2 Å². The smallest absolute Gasteiger partial charge is 0.293 e. The van der Waals surface area contributed by atoms with Gasteiger partial charge in [-0.1, -0.05) is 39.7 Å². The molecule has 1 unspecified atom stereocenters. The highest BCUT2D eigenvalue weighted by atomic mass is 79.9. The predicted octanol–water partition coefficient (Wildman–Crippen LogP) is 5.05. The van der Waals surface area contributed by atoms with Gasteiger partial charge in [-0.2, -0.15) is 0 Å². The van der Waals surface area contributed by atoms with Crippen molar-refractivity contribution in [1.29, 1.82) is 0 Å². The van der Waals surface area contributed by atoms with Gasteiger partial charge in [-0.25, -0.2) is 0 Å². The fraction of sp³-hybridized carbons (Fsp3) is 0.200. The maximum absolute atomic E-state index is 11.1. The van der Waals surface area contributed by atoms with Gasteiger partial charge >= 0.3 is 0 Å². The number of halogens is 2. The SMILES string of the molecule is CC(Cc1ccc(Cl)cc1)Nc1ccc(Br)cc1[N+](=O)[O-]. The molecule has 4 nitrogen and oxygen atoms in total. The summed E-state index contributed by atoms with van der Waals surface area (Å²) in [5, 5.41) is 15.0. The van der Waals surface area contributed by atoms with E-state index in [9.17, 15) is 10.1 Å². The minimum absolute atomic E-state index is 0.0612. The lowest BCUT2D eigenvalue weighted by molar-refractivity contribution is -0.384.